The largest absolute Gasteiger partial charge is 0.330 e. The highest BCUT2D eigenvalue weighted by Crippen LogP contribution is 2.31. The summed E-state index contributed by atoms with van der Waals surface area (Å²) in [5, 5.41) is 0. The van der Waals surface area contributed by atoms with Gasteiger partial charge in [0.1, 0.15) is 5.82 Å². The Hall–Kier alpha value is -1.16. The highest BCUT2D eigenvalue weighted by atomic mass is 16.1. The van der Waals surface area contributed by atoms with Crippen LogP contribution in [-0.4, -0.2) is 16.5 Å². The van der Waals surface area contributed by atoms with Crippen molar-refractivity contribution in [3.63, 3.8) is 0 Å². The third-order valence-electron chi connectivity index (χ3n) is 2.42. The van der Waals surface area contributed by atoms with E-state index in [9.17, 15) is 4.79 Å². The topological polar surface area (TPSA) is 71.8 Å². The van der Waals surface area contributed by atoms with E-state index in [1.54, 1.807) is 0 Å². The first-order valence-electron chi connectivity index (χ1n) is 5.07. The van der Waals surface area contributed by atoms with Crippen molar-refractivity contribution < 1.29 is 0 Å². The minimum Gasteiger partial charge on any atom is -0.330 e. The van der Waals surface area contributed by atoms with Crippen LogP contribution < -0.4 is 11.3 Å². The highest BCUT2D eigenvalue weighted by Gasteiger charge is 2.22. The van der Waals surface area contributed by atoms with Crippen molar-refractivity contribution >= 4 is 0 Å². The van der Waals surface area contributed by atoms with E-state index in [0.717, 1.165) is 23.9 Å². The number of aromatic nitrogens is 2. The standard InChI is InChI=1S/C10H15N3O/c11-4-3-8-6-10(14)13-9(12-8)5-7-1-2-7/h6-7H,1-5,11H2,(H,12,13,14). The van der Waals surface area contributed by atoms with Crippen molar-refractivity contribution in [2.24, 2.45) is 11.7 Å². The Bertz CT molecular complexity index is 368. The molecular formula is C10H15N3O. The molecular weight excluding hydrogens is 178 g/mol. The van der Waals surface area contributed by atoms with Crippen LogP contribution in [-0.2, 0) is 12.8 Å². The van der Waals surface area contributed by atoms with E-state index in [2.05, 4.69) is 9.97 Å². The lowest BCUT2D eigenvalue weighted by Crippen LogP contribution is -2.15. The first kappa shape index (κ1) is 9.40. The van der Waals surface area contributed by atoms with Gasteiger partial charge in [0.25, 0.3) is 5.56 Å². The molecule has 1 saturated carbocycles. The summed E-state index contributed by atoms with van der Waals surface area (Å²) in [6.07, 6.45) is 4.13. The second-order valence-corrected chi connectivity index (χ2v) is 3.87. The van der Waals surface area contributed by atoms with Gasteiger partial charge in [-0.2, -0.15) is 0 Å². The molecule has 0 atom stereocenters. The van der Waals surface area contributed by atoms with E-state index < -0.39 is 0 Å². The summed E-state index contributed by atoms with van der Waals surface area (Å²) in [4.78, 5) is 18.4. The maximum absolute atomic E-state index is 11.3. The number of nitrogens with two attached hydrogens (primary N) is 1. The van der Waals surface area contributed by atoms with Gasteiger partial charge in [0.15, 0.2) is 0 Å². The van der Waals surface area contributed by atoms with E-state index in [1.807, 2.05) is 0 Å². The van der Waals surface area contributed by atoms with Crippen molar-refractivity contribution in [1.29, 1.82) is 0 Å². The zero-order valence-electron chi connectivity index (χ0n) is 8.12. The van der Waals surface area contributed by atoms with Gasteiger partial charge in [-0.05, 0) is 25.3 Å². The van der Waals surface area contributed by atoms with E-state index >= 15 is 0 Å². The fraction of sp³-hybridized carbons (Fsp3) is 0.600. The minimum atomic E-state index is -0.0564. The molecule has 1 aliphatic rings. The number of nitrogens with zero attached hydrogens (tertiary/aromatic N) is 1. The SMILES string of the molecule is NCCc1cc(=O)[nH]c(CC2CC2)n1. The normalized spacial score (nSPS) is 15.8. The van der Waals surface area contributed by atoms with Crippen LogP contribution in [0.1, 0.15) is 24.4 Å². The molecule has 0 radical (unpaired) electrons. The van der Waals surface area contributed by atoms with Crippen LogP contribution >= 0.6 is 0 Å². The van der Waals surface area contributed by atoms with Crippen molar-refractivity contribution in [3.8, 4) is 0 Å². The highest BCUT2D eigenvalue weighted by molar-refractivity contribution is 5.04. The predicted octanol–water partition coefficient (Wildman–Crippen LogP) is 0.224. The van der Waals surface area contributed by atoms with E-state index in [0.29, 0.717) is 13.0 Å². The summed E-state index contributed by atoms with van der Waals surface area (Å²) < 4.78 is 0. The predicted molar refractivity (Wildman–Crippen MR) is 54.0 cm³/mol. The zero-order valence-corrected chi connectivity index (χ0v) is 8.12. The molecule has 0 saturated heterocycles. The molecule has 0 spiro atoms. The maximum Gasteiger partial charge on any atom is 0.251 e. The zero-order chi connectivity index (χ0) is 9.97. The third-order valence-corrected chi connectivity index (χ3v) is 2.42. The molecule has 1 fully saturated rings. The van der Waals surface area contributed by atoms with Gasteiger partial charge in [-0.15, -0.1) is 0 Å². The van der Waals surface area contributed by atoms with Gasteiger partial charge >= 0.3 is 0 Å². The Labute approximate surface area is 82.6 Å². The lowest BCUT2D eigenvalue weighted by atomic mass is 10.2. The Morgan fingerprint density at radius 2 is 2.36 bits per heavy atom. The first-order chi connectivity index (χ1) is 6.78. The molecule has 0 aromatic carbocycles. The van der Waals surface area contributed by atoms with Gasteiger partial charge in [0.2, 0.25) is 0 Å². The van der Waals surface area contributed by atoms with Crippen LogP contribution in [0.3, 0.4) is 0 Å². The summed E-state index contributed by atoms with van der Waals surface area (Å²) in [6, 6.07) is 1.53. The summed E-state index contributed by atoms with van der Waals surface area (Å²) in [6.45, 7) is 0.541. The van der Waals surface area contributed by atoms with Gasteiger partial charge < -0.3 is 10.7 Å². The van der Waals surface area contributed by atoms with Gasteiger partial charge in [-0.3, -0.25) is 4.79 Å². The molecule has 0 unspecified atom stereocenters. The summed E-state index contributed by atoms with van der Waals surface area (Å²) in [7, 11) is 0. The molecule has 1 aliphatic carbocycles. The fourth-order valence-electron chi connectivity index (χ4n) is 1.53. The van der Waals surface area contributed by atoms with Crippen LogP contribution in [0.4, 0.5) is 0 Å². The van der Waals surface area contributed by atoms with Crippen molar-refractivity contribution in [2.45, 2.75) is 25.7 Å². The lowest BCUT2D eigenvalue weighted by molar-refractivity contribution is 0.746. The number of rotatable bonds is 4. The Balaban J connectivity index is 2.16. The molecule has 0 aliphatic heterocycles. The molecule has 2 rings (SSSR count). The van der Waals surface area contributed by atoms with E-state index in [4.69, 9.17) is 5.73 Å². The van der Waals surface area contributed by atoms with E-state index in [1.165, 1.54) is 18.9 Å². The Kier molecular flexibility index (Phi) is 2.63. The summed E-state index contributed by atoms with van der Waals surface area (Å²) >= 11 is 0. The second kappa shape index (κ2) is 3.92. The summed E-state index contributed by atoms with van der Waals surface area (Å²) in [5.74, 6) is 1.56. The van der Waals surface area contributed by atoms with Crippen LogP contribution in [0.2, 0.25) is 0 Å². The molecule has 4 nitrogen and oxygen atoms in total. The second-order valence-electron chi connectivity index (χ2n) is 3.87. The van der Waals surface area contributed by atoms with Gasteiger partial charge in [-0.25, -0.2) is 4.98 Å². The van der Waals surface area contributed by atoms with Gasteiger partial charge in [0, 0.05) is 24.6 Å². The van der Waals surface area contributed by atoms with Gasteiger partial charge in [0.05, 0.1) is 0 Å². The molecule has 76 valence electrons. The summed E-state index contributed by atoms with van der Waals surface area (Å²) in [5.41, 5.74) is 6.18. The minimum absolute atomic E-state index is 0.0564. The maximum atomic E-state index is 11.3. The van der Waals surface area contributed by atoms with Crippen molar-refractivity contribution in [2.75, 3.05) is 6.54 Å². The van der Waals surface area contributed by atoms with E-state index in [-0.39, 0.29) is 5.56 Å². The quantitative estimate of drug-likeness (QED) is 0.718. The van der Waals surface area contributed by atoms with Crippen LogP contribution in [0.5, 0.6) is 0 Å². The van der Waals surface area contributed by atoms with Crippen molar-refractivity contribution in [3.05, 3.63) is 27.9 Å². The number of hydrogen-bond acceptors (Lipinski definition) is 3. The third kappa shape index (κ3) is 2.42. The molecule has 14 heavy (non-hydrogen) atoms. The van der Waals surface area contributed by atoms with Crippen molar-refractivity contribution in [1.82, 2.24) is 9.97 Å². The number of H-pyrrole nitrogens is 1. The van der Waals surface area contributed by atoms with Crippen LogP contribution in [0.15, 0.2) is 10.9 Å². The number of aromatic amines is 1. The lowest BCUT2D eigenvalue weighted by Gasteiger charge is -2.01. The monoisotopic (exact) mass is 193 g/mol. The average molecular weight is 193 g/mol. The molecule has 0 amide bonds. The Morgan fingerprint density at radius 1 is 1.57 bits per heavy atom. The Morgan fingerprint density at radius 3 is 3.00 bits per heavy atom. The number of hydrogen-bond donors (Lipinski definition) is 2. The van der Waals surface area contributed by atoms with Crippen LogP contribution in [0.25, 0.3) is 0 Å². The first-order valence-corrected chi connectivity index (χ1v) is 5.07. The molecule has 0 bridgehead atoms. The van der Waals surface area contributed by atoms with Gasteiger partial charge in [-0.1, -0.05) is 0 Å². The number of nitrogens with one attached hydrogen (secondary N) is 1. The smallest absolute Gasteiger partial charge is 0.251 e. The van der Waals surface area contributed by atoms with Crippen LogP contribution in [0, 0.1) is 5.92 Å². The molecule has 1 heterocycles. The fourth-order valence-corrected chi connectivity index (χ4v) is 1.53. The molecule has 1 aromatic heterocycles. The molecule has 4 heteroatoms. The molecule has 1 aromatic rings. The average Bonchev–Trinajstić information content (AvgIpc) is 2.87. The molecule has 3 N–H and O–H groups in total.